The minimum Gasteiger partial charge on any atom is -0.399 e. The van der Waals surface area contributed by atoms with E-state index < -0.39 is 0 Å². The third kappa shape index (κ3) is 2.00. The van der Waals surface area contributed by atoms with Crippen molar-refractivity contribution in [2.24, 2.45) is 0 Å². The topological polar surface area (TPSA) is 66.7 Å². The molecule has 4 nitrogen and oxygen atoms in total. The lowest BCUT2D eigenvalue weighted by molar-refractivity contribution is 1.17. The number of benzene rings is 2. The van der Waals surface area contributed by atoms with E-state index in [2.05, 4.69) is 15.3 Å². The van der Waals surface area contributed by atoms with E-state index in [1.807, 2.05) is 49.4 Å². The molecule has 2 aromatic carbocycles. The Kier molecular flexibility index (Phi) is 2.41. The molecule has 0 radical (unpaired) electrons. The number of nitrogens with one attached hydrogen (secondary N) is 2. The summed E-state index contributed by atoms with van der Waals surface area (Å²) in [4.78, 5) is 7.60. The molecule has 0 saturated carbocycles. The predicted octanol–water partition coefficient (Wildman–Crippen LogP) is 3.20. The molecule has 0 bridgehead atoms. The van der Waals surface area contributed by atoms with Crippen LogP contribution in [-0.4, -0.2) is 9.97 Å². The Labute approximate surface area is 105 Å². The van der Waals surface area contributed by atoms with Crippen molar-refractivity contribution in [2.75, 3.05) is 11.1 Å². The number of hydrogen-bond donors (Lipinski definition) is 3. The van der Waals surface area contributed by atoms with Gasteiger partial charge in [-0.25, -0.2) is 4.98 Å². The molecule has 3 aromatic rings. The highest BCUT2D eigenvalue weighted by atomic mass is 14.9. The first-order chi connectivity index (χ1) is 8.70. The third-order valence-electron chi connectivity index (χ3n) is 2.80. The number of anilines is 3. The van der Waals surface area contributed by atoms with Crippen molar-refractivity contribution in [3.05, 3.63) is 48.3 Å². The molecular weight excluding hydrogens is 224 g/mol. The number of H-pyrrole nitrogens is 1. The van der Waals surface area contributed by atoms with Crippen LogP contribution in [0.5, 0.6) is 0 Å². The summed E-state index contributed by atoms with van der Waals surface area (Å²) in [5.41, 5.74) is 10.5. The summed E-state index contributed by atoms with van der Waals surface area (Å²) in [7, 11) is 0. The van der Waals surface area contributed by atoms with Gasteiger partial charge in [0, 0.05) is 17.1 Å². The van der Waals surface area contributed by atoms with Crippen molar-refractivity contribution in [1.82, 2.24) is 9.97 Å². The molecule has 18 heavy (non-hydrogen) atoms. The van der Waals surface area contributed by atoms with Gasteiger partial charge in [-0.1, -0.05) is 0 Å². The zero-order valence-electron chi connectivity index (χ0n) is 10.1. The molecule has 1 heterocycles. The van der Waals surface area contributed by atoms with Crippen LogP contribution >= 0.6 is 0 Å². The van der Waals surface area contributed by atoms with Crippen LogP contribution < -0.4 is 11.1 Å². The van der Waals surface area contributed by atoms with Gasteiger partial charge in [0.05, 0.1) is 11.0 Å². The zero-order valence-corrected chi connectivity index (χ0v) is 10.1. The molecule has 3 rings (SSSR count). The lowest BCUT2D eigenvalue weighted by atomic mass is 10.2. The fourth-order valence-corrected chi connectivity index (χ4v) is 1.95. The highest BCUT2D eigenvalue weighted by molar-refractivity contribution is 5.80. The largest absolute Gasteiger partial charge is 0.399 e. The van der Waals surface area contributed by atoms with Gasteiger partial charge < -0.3 is 16.0 Å². The number of imidazole rings is 1. The molecular formula is C14H14N4. The van der Waals surface area contributed by atoms with Crippen molar-refractivity contribution < 1.29 is 0 Å². The fraction of sp³-hybridized carbons (Fsp3) is 0.0714. The van der Waals surface area contributed by atoms with Gasteiger partial charge in [-0.15, -0.1) is 0 Å². The molecule has 4 N–H and O–H groups in total. The highest BCUT2D eigenvalue weighted by Crippen LogP contribution is 2.21. The molecule has 90 valence electrons. The molecule has 0 aliphatic rings. The van der Waals surface area contributed by atoms with E-state index >= 15 is 0 Å². The number of nitrogens with two attached hydrogens (primary N) is 1. The number of aromatic nitrogens is 2. The number of rotatable bonds is 2. The van der Waals surface area contributed by atoms with Crippen LogP contribution in [-0.2, 0) is 0 Å². The smallest absolute Gasteiger partial charge is 0.104 e. The molecule has 0 amide bonds. The molecule has 0 saturated heterocycles. The van der Waals surface area contributed by atoms with Crippen molar-refractivity contribution in [2.45, 2.75) is 6.92 Å². The van der Waals surface area contributed by atoms with Crippen molar-refractivity contribution in [3.8, 4) is 0 Å². The van der Waals surface area contributed by atoms with E-state index in [4.69, 9.17) is 5.73 Å². The van der Waals surface area contributed by atoms with Gasteiger partial charge in [0.1, 0.15) is 5.82 Å². The van der Waals surface area contributed by atoms with Crippen LogP contribution in [0.4, 0.5) is 17.1 Å². The normalized spacial score (nSPS) is 10.7. The SMILES string of the molecule is Cc1nc2ccc(Nc3ccc(N)cc3)cc2[nH]1. The van der Waals surface area contributed by atoms with Crippen LogP contribution in [0.1, 0.15) is 5.82 Å². The fourth-order valence-electron chi connectivity index (χ4n) is 1.95. The van der Waals surface area contributed by atoms with E-state index in [1.165, 1.54) is 0 Å². The Morgan fingerprint density at radius 2 is 1.78 bits per heavy atom. The van der Waals surface area contributed by atoms with Gasteiger partial charge in [0.2, 0.25) is 0 Å². The number of fused-ring (bicyclic) bond motifs is 1. The molecule has 1 aromatic heterocycles. The summed E-state index contributed by atoms with van der Waals surface area (Å²) in [5.74, 6) is 0.926. The molecule has 0 atom stereocenters. The van der Waals surface area contributed by atoms with Crippen LogP contribution in [0.2, 0.25) is 0 Å². The summed E-state index contributed by atoms with van der Waals surface area (Å²) >= 11 is 0. The summed E-state index contributed by atoms with van der Waals surface area (Å²) in [6.07, 6.45) is 0. The second-order valence-electron chi connectivity index (χ2n) is 4.30. The quantitative estimate of drug-likeness (QED) is 0.600. The second-order valence-corrected chi connectivity index (χ2v) is 4.30. The van der Waals surface area contributed by atoms with Gasteiger partial charge in [0.15, 0.2) is 0 Å². The number of hydrogen-bond acceptors (Lipinski definition) is 3. The molecule has 0 fully saturated rings. The number of aryl methyl sites for hydroxylation is 1. The Balaban J connectivity index is 1.92. The van der Waals surface area contributed by atoms with Crippen LogP contribution in [0, 0.1) is 6.92 Å². The average molecular weight is 238 g/mol. The standard InChI is InChI=1S/C14H14N4/c1-9-16-13-7-6-12(8-14(13)17-9)18-11-4-2-10(15)3-5-11/h2-8,18H,15H2,1H3,(H,16,17). The number of aromatic amines is 1. The molecule has 0 unspecified atom stereocenters. The maximum atomic E-state index is 5.66. The first-order valence-corrected chi connectivity index (χ1v) is 5.80. The minimum atomic E-state index is 0.764. The molecule has 0 aliphatic carbocycles. The predicted molar refractivity (Wildman–Crippen MR) is 75.0 cm³/mol. The average Bonchev–Trinajstić information content (AvgIpc) is 2.71. The van der Waals surface area contributed by atoms with E-state index in [0.29, 0.717) is 0 Å². The molecule has 0 spiro atoms. The number of nitrogens with zero attached hydrogens (tertiary/aromatic N) is 1. The van der Waals surface area contributed by atoms with Crippen LogP contribution in [0.25, 0.3) is 11.0 Å². The van der Waals surface area contributed by atoms with Gasteiger partial charge in [-0.2, -0.15) is 0 Å². The third-order valence-corrected chi connectivity index (χ3v) is 2.80. The summed E-state index contributed by atoms with van der Waals surface area (Å²) < 4.78 is 0. The van der Waals surface area contributed by atoms with Crippen molar-refractivity contribution in [1.29, 1.82) is 0 Å². The lowest BCUT2D eigenvalue weighted by Gasteiger charge is -2.06. The Hall–Kier alpha value is -2.49. The minimum absolute atomic E-state index is 0.764. The second kappa shape index (κ2) is 4.07. The maximum Gasteiger partial charge on any atom is 0.104 e. The highest BCUT2D eigenvalue weighted by Gasteiger charge is 2.01. The van der Waals surface area contributed by atoms with E-state index in [9.17, 15) is 0 Å². The molecule has 4 heteroatoms. The van der Waals surface area contributed by atoms with E-state index in [1.54, 1.807) is 0 Å². The van der Waals surface area contributed by atoms with Gasteiger partial charge in [-0.05, 0) is 49.4 Å². The van der Waals surface area contributed by atoms with Gasteiger partial charge in [-0.3, -0.25) is 0 Å². The van der Waals surface area contributed by atoms with Gasteiger partial charge >= 0.3 is 0 Å². The Morgan fingerprint density at radius 3 is 2.56 bits per heavy atom. The Morgan fingerprint density at radius 1 is 1.06 bits per heavy atom. The van der Waals surface area contributed by atoms with Crippen LogP contribution in [0.15, 0.2) is 42.5 Å². The summed E-state index contributed by atoms with van der Waals surface area (Å²) in [6, 6.07) is 13.7. The monoisotopic (exact) mass is 238 g/mol. The molecule has 0 aliphatic heterocycles. The first-order valence-electron chi connectivity index (χ1n) is 5.80. The van der Waals surface area contributed by atoms with E-state index in [-0.39, 0.29) is 0 Å². The summed E-state index contributed by atoms with van der Waals surface area (Å²) in [6.45, 7) is 1.95. The first kappa shape index (κ1) is 10.7. The maximum absolute atomic E-state index is 5.66. The van der Waals surface area contributed by atoms with Crippen LogP contribution in [0.3, 0.4) is 0 Å². The van der Waals surface area contributed by atoms with Gasteiger partial charge in [0.25, 0.3) is 0 Å². The Bertz CT molecular complexity index is 683. The van der Waals surface area contributed by atoms with Crippen molar-refractivity contribution in [3.63, 3.8) is 0 Å². The van der Waals surface area contributed by atoms with E-state index in [0.717, 1.165) is 33.9 Å². The zero-order chi connectivity index (χ0) is 12.5. The summed E-state index contributed by atoms with van der Waals surface area (Å²) in [5, 5.41) is 3.33. The van der Waals surface area contributed by atoms with Crippen molar-refractivity contribution >= 4 is 28.1 Å². The lowest BCUT2D eigenvalue weighted by Crippen LogP contribution is -1.91. The number of nitrogen functional groups attached to an aromatic ring is 1.